The summed E-state index contributed by atoms with van der Waals surface area (Å²) in [6.45, 7) is 2.01. The molecule has 1 amide bonds. The number of hydrazone groups is 1. The van der Waals surface area contributed by atoms with Crippen LogP contribution in [0.25, 0.3) is 0 Å². The van der Waals surface area contributed by atoms with Crippen LogP contribution < -0.4 is 10.2 Å². The highest BCUT2D eigenvalue weighted by atomic mass is 127. The van der Waals surface area contributed by atoms with Crippen LogP contribution >= 0.6 is 22.6 Å². The predicted molar refractivity (Wildman–Crippen MR) is 90.9 cm³/mol. The zero-order valence-corrected chi connectivity index (χ0v) is 14.2. The van der Waals surface area contributed by atoms with Crippen LogP contribution in [0.2, 0.25) is 0 Å². The normalized spacial score (nSPS) is 10.9. The van der Waals surface area contributed by atoms with Crippen LogP contribution in [0.15, 0.2) is 35.4 Å². The Morgan fingerprint density at radius 3 is 2.76 bits per heavy atom. The van der Waals surface area contributed by atoms with Gasteiger partial charge in [0, 0.05) is 18.3 Å². The van der Waals surface area contributed by atoms with Gasteiger partial charge in [-0.25, -0.2) is 5.43 Å². The van der Waals surface area contributed by atoms with Gasteiger partial charge in [0.2, 0.25) is 0 Å². The van der Waals surface area contributed by atoms with Gasteiger partial charge in [-0.1, -0.05) is 0 Å². The molecule has 0 saturated carbocycles. The van der Waals surface area contributed by atoms with Gasteiger partial charge in [0.1, 0.15) is 5.75 Å². The number of aromatic nitrogens is 1. The van der Waals surface area contributed by atoms with Crippen molar-refractivity contribution in [3.8, 4) is 5.75 Å². The largest absolute Gasteiger partial charge is 0.496 e. The molecule has 0 bridgehead atoms. The third-order valence-electron chi connectivity index (χ3n) is 3.19. The van der Waals surface area contributed by atoms with Gasteiger partial charge in [0.15, 0.2) is 0 Å². The molecule has 1 N–H and O–H groups in total. The summed E-state index contributed by atoms with van der Waals surface area (Å²) in [5.41, 5.74) is 5.07. The van der Waals surface area contributed by atoms with Gasteiger partial charge < -0.3 is 9.30 Å². The summed E-state index contributed by atoms with van der Waals surface area (Å²) in [4.78, 5) is 12.0. The molecule has 1 aromatic heterocycles. The molecule has 0 spiro atoms. The summed E-state index contributed by atoms with van der Waals surface area (Å²) in [5.74, 6) is 0.400. The van der Waals surface area contributed by atoms with Crippen molar-refractivity contribution in [2.45, 2.75) is 6.92 Å². The maximum Gasteiger partial charge on any atom is 0.271 e. The van der Waals surface area contributed by atoms with E-state index >= 15 is 0 Å². The molecular weight excluding hydrogens is 381 g/mol. The summed E-state index contributed by atoms with van der Waals surface area (Å²) in [6.07, 6.45) is 1.62. The van der Waals surface area contributed by atoms with E-state index in [0.29, 0.717) is 11.3 Å². The maximum atomic E-state index is 12.0. The summed E-state index contributed by atoms with van der Waals surface area (Å²) in [5, 5.41) is 3.98. The van der Waals surface area contributed by atoms with E-state index < -0.39 is 0 Å². The Labute approximate surface area is 137 Å². The van der Waals surface area contributed by atoms with Gasteiger partial charge in [-0.05, 0) is 59.8 Å². The highest BCUT2D eigenvalue weighted by Crippen LogP contribution is 2.21. The average Bonchev–Trinajstić information content (AvgIpc) is 2.79. The number of carbonyl (C=O) groups is 1. The number of aryl methyl sites for hydroxylation is 1. The Morgan fingerprint density at radius 1 is 1.38 bits per heavy atom. The van der Waals surface area contributed by atoms with Crippen molar-refractivity contribution in [1.29, 1.82) is 0 Å². The van der Waals surface area contributed by atoms with Gasteiger partial charge in [-0.2, -0.15) is 5.10 Å². The van der Waals surface area contributed by atoms with Crippen molar-refractivity contribution >= 4 is 34.7 Å². The van der Waals surface area contributed by atoms with E-state index in [4.69, 9.17) is 4.74 Å². The van der Waals surface area contributed by atoms with Gasteiger partial charge in [-0.3, -0.25) is 4.79 Å². The monoisotopic (exact) mass is 397 g/mol. The van der Waals surface area contributed by atoms with Crippen LogP contribution in [0.1, 0.15) is 21.7 Å². The van der Waals surface area contributed by atoms with Crippen LogP contribution in [0, 0.1) is 10.5 Å². The molecule has 0 atom stereocenters. The molecule has 21 heavy (non-hydrogen) atoms. The van der Waals surface area contributed by atoms with E-state index in [2.05, 4.69) is 33.1 Å². The van der Waals surface area contributed by atoms with E-state index in [1.165, 1.54) is 0 Å². The SMILES string of the molecule is COc1cc(C(=O)N/N=C\c2ccc(C)n2C)ccc1I. The minimum Gasteiger partial charge on any atom is -0.496 e. The first-order valence-electron chi connectivity index (χ1n) is 6.32. The Bertz CT molecular complexity index is 692. The molecule has 1 aromatic carbocycles. The number of carbonyl (C=O) groups excluding carboxylic acids is 1. The minimum atomic E-state index is -0.271. The number of halogens is 1. The van der Waals surface area contributed by atoms with Crippen molar-refractivity contribution in [3.05, 3.63) is 50.9 Å². The number of amides is 1. The lowest BCUT2D eigenvalue weighted by Gasteiger charge is -2.05. The van der Waals surface area contributed by atoms with E-state index in [1.54, 1.807) is 25.5 Å². The number of hydrogen-bond acceptors (Lipinski definition) is 3. The molecule has 0 saturated heterocycles. The molecule has 2 rings (SSSR count). The number of benzene rings is 1. The first-order valence-corrected chi connectivity index (χ1v) is 7.40. The smallest absolute Gasteiger partial charge is 0.271 e. The molecule has 5 nitrogen and oxygen atoms in total. The summed E-state index contributed by atoms with van der Waals surface area (Å²) >= 11 is 2.15. The third kappa shape index (κ3) is 3.63. The summed E-state index contributed by atoms with van der Waals surface area (Å²) < 4.78 is 8.14. The van der Waals surface area contributed by atoms with Gasteiger partial charge in [0.25, 0.3) is 5.91 Å². The van der Waals surface area contributed by atoms with Crippen molar-refractivity contribution in [1.82, 2.24) is 9.99 Å². The Kier molecular flexibility index (Phi) is 5.00. The van der Waals surface area contributed by atoms with Crippen LogP contribution in [0.5, 0.6) is 5.75 Å². The summed E-state index contributed by atoms with van der Waals surface area (Å²) in [7, 11) is 3.53. The van der Waals surface area contributed by atoms with E-state index in [-0.39, 0.29) is 5.91 Å². The number of methoxy groups -OCH3 is 1. The van der Waals surface area contributed by atoms with Crippen molar-refractivity contribution < 1.29 is 9.53 Å². The second kappa shape index (κ2) is 6.75. The molecule has 2 aromatic rings. The van der Waals surface area contributed by atoms with Crippen LogP contribution in [-0.4, -0.2) is 23.8 Å². The molecule has 0 radical (unpaired) electrons. The van der Waals surface area contributed by atoms with Crippen LogP contribution in [-0.2, 0) is 7.05 Å². The van der Waals surface area contributed by atoms with Crippen molar-refractivity contribution in [3.63, 3.8) is 0 Å². The molecule has 0 aliphatic rings. The lowest BCUT2D eigenvalue weighted by atomic mass is 10.2. The number of hydrogen-bond donors (Lipinski definition) is 1. The van der Waals surface area contributed by atoms with E-state index in [1.807, 2.05) is 36.7 Å². The second-order valence-corrected chi connectivity index (χ2v) is 5.67. The molecule has 0 aliphatic carbocycles. The van der Waals surface area contributed by atoms with Gasteiger partial charge >= 0.3 is 0 Å². The molecular formula is C15H16IN3O2. The van der Waals surface area contributed by atoms with E-state index in [9.17, 15) is 4.79 Å². The zero-order valence-electron chi connectivity index (χ0n) is 12.1. The highest BCUT2D eigenvalue weighted by molar-refractivity contribution is 14.1. The lowest BCUT2D eigenvalue weighted by Crippen LogP contribution is -2.18. The summed E-state index contributed by atoms with van der Waals surface area (Å²) in [6, 6.07) is 9.20. The number of nitrogens with one attached hydrogen (secondary N) is 1. The van der Waals surface area contributed by atoms with Gasteiger partial charge in [0.05, 0.1) is 22.6 Å². The fraction of sp³-hybridized carbons (Fsp3) is 0.200. The maximum absolute atomic E-state index is 12.0. The molecule has 6 heteroatoms. The molecule has 0 unspecified atom stereocenters. The lowest BCUT2D eigenvalue weighted by molar-refractivity contribution is 0.0954. The van der Waals surface area contributed by atoms with E-state index in [0.717, 1.165) is 15.0 Å². The standard InChI is InChI=1S/C15H16IN3O2/c1-10-4-6-12(19(10)2)9-17-18-15(20)11-5-7-13(16)14(8-11)21-3/h4-9H,1-3H3,(H,18,20)/b17-9-. The van der Waals surface area contributed by atoms with Crippen molar-refractivity contribution in [2.75, 3.05) is 7.11 Å². The average molecular weight is 397 g/mol. The molecule has 110 valence electrons. The minimum absolute atomic E-state index is 0.271. The number of ether oxygens (including phenoxy) is 1. The van der Waals surface area contributed by atoms with Crippen LogP contribution in [0.4, 0.5) is 0 Å². The van der Waals surface area contributed by atoms with Gasteiger partial charge in [-0.15, -0.1) is 0 Å². The molecule has 0 aliphatic heterocycles. The third-order valence-corrected chi connectivity index (χ3v) is 4.08. The Balaban J connectivity index is 2.06. The molecule has 0 fully saturated rings. The predicted octanol–water partition coefficient (Wildman–Crippen LogP) is 2.71. The highest BCUT2D eigenvalue weighted by Gasteiger charge is 2.08. The number of rotatable bonds is 4. The zero-order chi connectivity index (χ0) is 15.4. The second-order valence-electron chi connectivity index (χ2n) is 4.51. The fourth-order valence-electron chi connectivity index (χ4n) is 1.79. The van der Waals surface area contributed by atoms with Crippen LogP contribution in [0.3, 0.4) is 0 Å². The fourth-order valence-corrected chi connectivity index (χ4v) is 2.34. The van der Waals surface area contributed by atoms with Crippen molar-refractivity contribution in [2.24, 2.45) is 12.1 Å². The first kappa shape index (κ1) is 15.6. The molecule has 1 heterocycles. The Morgan fingerprint density at radius 2 is 2.14 bits per heavy atom. The topological polar surface area (TPSA) is 55.6 Å². The number of nitrogens with zero attached hydrogens (tertiary/aromatic N) is 2. The Hall–Kier alpha value is -1.83. The first-order chi connectivity index (χ1) is 10.0. The quantitative estimate of drug-likeness (QED) is 0.490.